The number of ether oxygens (including phenoxy) is 3. The van der Waals surface area contributed by atoms with E-state index in [4.69, 9.17) is 25.8 Å². The van der Waals surface area contributed by atoms with E-state index in [1.165, 1.54) is 12.1 Å². The Labute approximate surface area is 218 Å². The summed E-state index contributed by atoms with van der Waals surface area (Å²) < 4.78 is 16.3. The van der Waals surface area contributed by atoms with Crippen LogP contribution in [0.5, 0.6) is 11.5 Å². The van der Waals surface area contributed by atoms with E-state index in [0.29, 0.717) is 40.6 Å². The molecule has 2 aromatic rings. The zero-order valence-corrected chi connectivity index (χ0v) is 21.1. The number of ketones is 1. The maximum atomic E-state index is 13.7. The normalized spacial score (nSPS) is 20.5. The molecule has 0 aromatic heterocycles. The molecular formula is C27H25ClN2O7. The standard InChI is InChI=1S/C27H25ClN2O7/c1-3-8-35-27(32)24-14(2)29-19-9-16(15-4-6-17(28)7-5-15)10-21(31)26(19)25(24)18-11-22-23(37-13-36-22)12-20(18)30(33)34/h4-7,11-12,16,25,29H,3,8-10,13H2,1-2H3/t16-,25+/m0/s1. The van der Waals surface area contributed by atoms with Crippen molar-refractivity contribution in [2.24, 2.45) is 0 Å². The number of carbonyl (C=O) groups excluding carboxylic acids is 2. The number of Topliss-reactive ketones (excluding diaryl/α,β-unsaturated/α-hetero) is 1. The van der Waals surface area contributed by atoms with Crippen LogP contribution in [0, 0.1) is 10.1 Å². The minimum absolute atomic E-state index is 0.0714. The molecule has 10 heteroatoms. The molecule has 2 aromatic carbocycles. The van der Waals surface area contributed by atoms with Crippen LogP contribution in [0.25, 0.3) is 0 Å². The average molecular weight is 525 g/mol. The highest BCUT2D eigenvalue weighted by molar-refractivity contribution is 6.30. The first-order valence-electron chi connectivity index (χ1n) is 12.0. The van der Waals surface area contributed by atoms with Crippen LogP contribution in [0.2, 0.25) is 5.02 Å². The van der Waals surface area contributed by atoms with Gasteiger partial charge < -0.3 is 19.5 Å². The van der Waals surface area contributed by atoms with Gasteiger partial charge in [0.2, 0.25) is 6.79 Å². The first-order valence-corrected chi connectivity index (χ1v) is 12.4. The SMILES string of the molecule is CCCOC(=O)C1=C(C)NC2=C(C(=O)C[C@@H](c3ccc(Cl)cc3)C2)[C@@H]1c1cc2c(cc1[N+](=O)[O-])OCO2. The largest absolute Gasteiger partial charge is 0.462 e. The van der Waals surface area contributed by atoms with Gasteiger partial charge >= 0.3 is 5.97 Å². The van der Waals surface area contributed by atoms with E-state index < -0.39 is 16.8 Å². The predicted octanol–water partition coefficient (Wildman–Crippen LogP) is 5.29. The van der Waals surface area contributed by atoms with Gasteiger partial charge in [-0.25, -0.2) is 4.79 Å². The molecule has 0 spiro atoms. The number of hydrogen-bond donors (Lipinski definition) is 1. The Bertz CT molecular complexity index is 1360. The number of fused-ring (bicyclic) bond motifs is 1. The predicted molar refractivity (Wildman–Crippen MR) is 135 cm³/mol. The highest BCUT2D eigenvalue weighted by atomic mass is 35.5. The maximum Gasteiger partial charge on any atom is 0.336 e. The van der Waals surface area contributed by atoms with Crippen LogP contribution in [0.1, 0.15) is 56.1 Å². The second-order valence-electron chi connectivity index (χ2n) is 9.23. The number of esters is 1. The average Bonchev–Trinajstić information content (AvgIpc) is 3.33. The Hall–Kier alpha value is -3.85. The summed E-state index contributed by atoms with van der Waals surface area (Å²) in [5.41, 5.74) is 2.52. The van der Waals surface area contributed by atoms with Gasteiger partial charge in [0.15, 0.2) is 17.3 Å². The number of nitro benzene ring substituents is 1. The molecule has 3 aliphatic rings. The molecule has 9 nitrogen and oxygen atoms in total. The molecule has 2 heterocycles. The van der Waals surface area contributed by atoms with Gasteiger partial charge in [-0.2, -0.15) is 0 Å². The van der Waals surface area contributed by atoms with Crippen molar-refractivity contribution in [3.8, 4) is 11.5 Å². The molecule has 2 aliphatic heterocycles. The molecule has 0 fully saturated rings. The Kier molecular flexibility index (Phi) is 6.64. The van der Waals surface area contributed by atoms with Crippen LogP contribution in [-0.4, -0.2) is 30.1 Å². The highest BCUT2D eigenvalue weighted by Crippen LogP contribution is 2.50. The van der Waals surface area contributed by atoms with E-state index in [1.54, 1.807) is 19.1 Å². The van der Waals surface area contributed by atoms with Gasteiger partial charge in [-0.1, -0.05) is 30.7 Å². The summed E-state index contributed by atoms with van der Waals surface area (Å²) >= 11 is 6.05. The van der Waals surface area contributed by atoms with Crippen LogP contribution < -0.4 is 14.8 Å². The van der Waals surface area contributed by atoms with Crippen molar-refractivity contribution in [1.29, 1.82) is 0 Å². The lowest BCUT2D eigenvalue weighted by Gasteiger charge is -2.36. The fourth-order valence-corrected chi connectivity index (χ4v) is 5.33. The van der Waals surface area contributed by atoms with Gasteiger partial charge in [-0.05, 0) is 49.4 Å². The smallest absolute Gasteiger partial charge is 0.336 e. The Morgan fingerprint density at radius 1 is 1.19 bits per heavy atom. The van der Waals surface area contributed by atoms with E-state index in [1.807, 2.05) is 19.1 Å². The lowest BCUT2D eigenvalue weighted by Crippen LogP contribution is -2.36. The quantitative estimate of drug-likeness (QED) is 0.307. The Morgan fingerprint density at radius 3 is 2.57 bits per heavy atom. The molecular weight excluding hydrogens is 500 g/mol. The Balaban J connectivity index is 1.66. The summed E-state index contributed by atoms with van der Waals surface area (Å²) in [6.45, 7) is 3.70. The topological polar surface area (TPSA) is 117 Å². The number of nitrogens with zero attached hydrogens (tertiary/aromatic N) is 1. The van der Waals surface area contributed by atoms with Gasteiger partial charge in [-0.3, -0.25) is 14.9 Å². The first kappa shape index (κ1) is 24.8. The third-order valence-electron chi connectivity index (χ3n) is 6.86. The molecule has 0 saturated heterocycles. The lowest BCUT2D eigenvalue weighted by molar-refractivity contribution is -0.385. The van der Waals surface area contributed by atoms with E-state index in [0.717, 1.165) is 5.56 Å². The van der Waals surface area contributed by atoms with Gasteiger partial charge in [0.1, 0.15) is 0 Å². The van der Waals surface area contributed by atoms with Gasteiger partial charge in [-0.15, -0.1) is 0 Å². The van der Waals surface area contributed by atoms with Crippen LogP contribution in [0.4, 0.5) is 5.69 Å². The molecule has 0 unspecified atom stereocenters. The molecule has 1 aliphatic carbocycles. The summed E-state index contributed by atoms with van der Waals surface area (Å²) in [6.07, 6.45) is 1.29. The molecule has 0 radical (unpaired) electrons. The molecule has 0 amide bonds. The van der Waals surface area contributed by atoms with Crippen molar-refractivity contribution < 1.29 is 28.7 Å². The van der Waals surface area contributed by atoms with E-state index in [2.05, 4.69) is 5.32 Å². The van der Waals surface area contributed by atoms with Crippen LogP contribution in [0.15, 0.2) is 58.9 Å². The van der Waals surface area contributed by atoms with Crippen molar-refractivity contribution in [3.05, 3.63) is 85.2 Å². The summed E-state index contributed by atoms with van der Waals surface area (Å²) in [6, 6.07) is 10.1. The number of halogens is 1. The van der Waals surface area contributed by atoms with Crippen molar-refractivity contribution in [2.75, 3.05) is 13.4 Å². The molecule has 0 saturated carbocycles. The first-order chi connectivity index (χ1) is 17.8. The summed E-state index contributed by atoms with van der Waals surface area (Å²) in [5.74, 6) is -1.35. The number of nitro groups is 1. The molecule has 5 rings (SSSR count). The van der Waals surface area contributed by atoms with Gasteiger partial charge in [0.25, 0.3) is 5.69 Å². The summed E-state index contributed by atoms with van der Waals surface area (Å²) in [5, 5.41) is 16.0. The van der Waals surface area contributed by atoms with Crippen molar-refractivity contribution in [1.82, 2.24) is 5.32 Å². The third kappa shape index (κ3) is 4.55. The third-order valence-corrected chi connectivity index (χ3v) is 7.11. The van der Waals surface area contributed by atoms with Crippen LogP contribution in [0.3, 0.4) is 0 Å². The molecule has 37 heavy (non-hydrogen) atoms. The number of nitrogens with one attached hydrogen (secondary N) is 1. The zero-order chi connectivity index (χ0) is 26.3. The Morgan fingerprint density at radius 2 is 1.89 bits per heavy atom. The molecule has 0 bridgehead atoms. The number of benzene rings is 2. The van der Waals surface area contributed by atoms with Crippen molar-refractivity contribution in [2.45, 2.75) is 44.9 Å². The minimum Gasteiger partial charge on any atom is -0.462 e. The number of carbonyl (C=O) groups is 2. The zero-order valence-electron chi connectivity index (χ0n) is 20.3. The second-order valence-corrected chi connectivity index (χ2v) is 9.66. The lowest BCUT2D eigenvalue weighted by atomic mass is 9.71. The highest BCUT2D eigenvalue weighted by Gasteiger charge is 2.44. The minimum atomic E-state index is -0.992. The summed E-state index contributed by atoms with van der Waals surface area (Å²) in [7, 11) is 0. The van der Waals surface area contributed by atoms with Crippen molar-refractivity contribution in [3.63, 3.8) is 0 Å². The van der Waals surface area contributed by atoms with Crippen LogP contribution >= 0.6 is 11.6 Å². The molecule has 1 N–H and O–H groups in total. The number of dihydropyridines is 1. The molecule has 192 valence electrons. The monoisotopic (exact) mass is 524 g/mol. The maximum absolute atomic E-state index is 13.7. The van der Waals surface area contributed by atoms with Gasteiger partial charge in [0, 0.05) is 34.0 Å². The fraction of sp³-hybridized carbons (Fsp3) is 0.333. The second kappa shape index (κ2) is 9.89. The number of rotatable bonds is 6. The number of allylic oxidation sites excluding steroid dienone is 3. The fourth-order valence-electron chi connectivity index (χ4n) is 5.20. The van der Waals surface area contributed by atoms with Crippen molar-refractivity contribution >= 4 is 29.0 Å². The molecule has 2 atom stereocenters. The summed E-state index contributed by atoms with van der Waals surface area (Å²) in [4.78, 5) is 38.6. The van der Waals surface area contributed by atoms with Gasteiger partial charge in [0.05, 0.1) is 29.1 Å². The van der Waals surface area contributed by atoms with E-state index in [-0.39, 0.29) is 54.1 Å². The van der Waals surface area contributed by atoms with E-state index in [9.17, 15) is 19.7 Å². The van der Waals surface area contributed by atoms with Crippen LogP contribution in [-0.2, 0) is 14.3 Å². The van der Waals surface area contributed by atoms with E-state index >= 15 is 0 Å². The number of hydrogen-bond acceptors (Lipinski definition) is 8.